The van der Waals surface area contributed by atoms with Gasteiger partial charge in [0.15, 0.2) is 0 Å². The Morgan fingerprint density at radius 1 is 1.47 bits per heavy atom. The zero-order chi connectivity index (χ0) is 11.8. The maximum atomic E-state index is 11.5. The molecule has 0 aromatic carbocycles. The van der Waals surface area contributed by atoms with E-state index in [-0.39, 0.29) is 18.1 Å². The van der Waals surface area contributed by atoms with Crippen molar-refractivity contribution in [3.63, 3.8) is 0 Å². The van der Waals surface area contributed by atoms with Crippen LogP contribution in [0.3, 0.4) is 0 Å². The van der Waals surface area contributed by atoms with Gasteiger partial charge in [-0.05, 0) is 27.7 Å². The first-order chi connectivity index (χ1) is 7.04. The fourth-order valence-electron chi connectivity index (χ4n) is 1.48. The Labute approximate surface area is 91.8 Å². The molecule has 0 saturated carbocycles. The van der Waals surface area contributed by atoms with Gasteiger partial charge in [-0.1, -0.05) is 0 Å². The Morgan fingerprint density at radius 3 is 2.47 bits per heavy atom. The van der Waals surface area contributed by atoms with Crippen LogP contribution in [0.5, 0.6) is 0 Å². The van der Waals surface area contributed by atoms with Crippen LogP contribution in [0.2, 0.25) is 0 Å². The zero-order valence-electron chi connectivity index (χ0n) is 9.99. The molecule has 0 fully saturated rings. The van der Waals surface area contributed by atoms with Gasteiger partial charge in [0.1, 0.15) is 6.04 Å². The predicted octanol–water partition coefficient (Wildman–Crippen LogP) is 1.56. The summed E-state index contributed by atoms with van der Waals surface area (Å²) in [5.41, 5.74) is 0. The van der Waals surface area contributed by atoms with E-state index in [9.17, 15) is 4.79 Å². The standard InChI is InChI=1S/C11H20N2O2/c1-5-15-11(14)10(4)13(9(2)3)8-6-7-12/h9-10H,5-6,8H2,1-4H3. The zero-order valence-corrected chi connectivity index (χ0v) is 9.99. The quantitative estimate of drug-likeness (QED) is 0.627. The highest BCUT2D eigenvalue weighted by molar-refractivity contribution is 5.75. The molecule has 0 spiro atoms. The molecule has 4 nitrogen and oxygen atoms in total. The van der Waals surface area contributed by atoms with Gasteiger partial charge in [-0.15, -0.1) is 0 Å². The second kappa shape index (κ2) is 7.24. The number of hydrogen-bond acceptors (Lipinski definition) is 4. The summed E-state index contributed by atoms with van der Waals surface area (Å²) < 4.78 is 4.95. The van der Waals surface area contributed by atoms with E-state index >= 15 is 0 Å². The minimum atomic E-state index is -0.279. The average molecular weight is 212 g/mol. The number of carbonyl (C=O) groups is 1. The van der Waals surface area contributed by atoms with Gasteiger partial charge in [0.25, 0.3) is 0 Å². The third kappa shape index (κ3) is 4.80. The van der Waals surface area contributed by atoms with Crippen LogP contribution in [-0.2, 0) is 9.53 Å². The van der Waals surface area contributed by atoms with Crippen molar-refractivity contribution in [1.82, 2.24) is 4.90 Å². The van der Waals surface area contributed by atoms with Crippen LogP contribution < -0.4 is 0 Å². The fraction of sp³-hybridized carbons (Fsp3) is 0.818. The van der Waals surface area contributed by atoms with E-state index < -0.39 is 0 Å². The Bertz CT molecular complexity index is 233. The molecule has 0 aromatic rings. The van der Waals surface area contributed by atoms with Gasteiger partial charge in [0.05, 0.1) is 12.7 Å². The van der Waals surface area contributed by atoms with Gasteiger partial charge in [0, 0.05) is 19.0 Å². The molecule has 0 radical (unpaired) electrons. The molecule has 4 heteroatoms. The van der Waals surface area contributed by atoms with E-state index in [1.54, 1.807) is 6.92 Å². The maximum Gasteiger partial charge on any atom is 0.323 e. The molecule has 86 valence electrons. The van der Waals surface area contributed by atoms with Crippen molar-refractivity contribution in [3.05, 3.63) is 0 Å². The molecular weight excluding hydrogens is 192 g/mol. The van der Waals surface area contributed by atoms with Crippen molar-refractivity contribution < 1.29 is 9.53 Å². The van der Waals surface area contributed by atoms with Crippen molar-refractivity contribution in [2.75, 3.05) is 13.2 Å². The molecule has 1 unspecified atom stereocenters. The number of hydrogen-bond donors (Lipinski definition) is 0. The third-order valence-corrected chi connectivity index (χ3v) is 2.27. The molecule has 0 aliphatic carbocycles. The monoisotopic (exact) mass is 212 g/mol. The van der Waals surface area contributed by atoms with Crippen LogP contribution >= 0.6 is 0 Å². The van der Waals surface area contributed by atoms with E-state index in [2.05, 4.69) is 6.07 Å². The second-order valence-corrected chi connectivity index (χ2v) is 3.67. The highest BCUT2D eigenvalue weighted by Gasteiger charge is 2.23. The predicted molar refractivity (Wildman–Crippen MR) is 58.2 cm³/mol. The molecule has 0 heterocycles. The van der Waals surface area contributed by atoms with Crippen molar-refractivity contribution in [2.45, 2.75) is 46.2 Å². The summed E-state index contributed by atoms with van der Waals surface area (Å²) in [6.45, 7) is 8.62. The summed E-state index contributed by atoms with van der Waals surface area (Å²) in [5, 5.41) is 8.53. The van der Waals surface area contributed by atoms with Crippen molar-refractivity contribution in [2.24, 2.45) is 0 Å². The molecule has 0 aromatic heterocycles. The van der Waals surface area contributed by atoms with Crippen molar-refractivity contribution >= 4 is 5.97 Å². The number of rotatable bonds is 6. The molecule has 0 rings (SSSR count). The number of nitrogens with zero attached hydrogens (tertiary/aromatic N) is 2. The number of esters is 1. The topological polar surface area (TPSA) is 53.3 Å². The summed E-state index contributed by atoms with van der Waals surface area (Å²) >= 11 is 0. The minimum absolute atomic E-state index is 0.218. The molecule has 0 saturated heterocycles. The van der Waals surface area contributed by atoms with E-state index in [1.165, 1.54) is 0 Å². The Balaban J connectivity index is 4.34. The SMILES string of the molecule is CCOC(=O)C(C)N(CCC#N)C(C)C. The van der Waals surface area contributed by atoms with Gasteiger partial charge in [-0.25, -0.2) is 0 Å². The summed E-state index contributed by atoms with van der Waals surface area (Å²) in [6, 6.07) is 2.04. The summed E-state index contributed by atoms with van der Waals surface area (Å²) in [7, 11) is 0. The Morgan fingerprint density at radius 2 is 2.07 bits per heavy atom. The van der Waals surface area contributed by atoms with E-state index in [0.29, 0.717) is 19.6 Å². The van der Waals surface area contributed by atoms with Crippen LogP contribution in [0.4, 0.5) is 0 Å². The highest BCUT2D eigenvalue weighted by Crippen LogP contribution is 2.07. The number of ether oxygens (including phenoxy) is 1. The van der Waals surface area contributed by atoms with Gasteiger partial charge < -0.3 is 4.74 Å². The molecule has 15 heavy (non-hydrogen) atoms. The van der Waals surface area contributed by atoms with Crippen LogP contribution in [0.25, 0.3) is 0 Å². The van der Waals surface area contributed by atoms with Crippen LogP contribution in [0.15, 0.2) is 0 Å². The van der Waals surface area contributed by atoms with Crippen molar-refractivity contribution in [1.29, 1.82) is 5.26 Å². The Kier molecular flexibility index (Phi) is 6.72. The van der Waals surface area contributed by atoms with Crippen LogP contribution in [-0.4, -0.2) is 36.1 Å². The van der Waals surface area contributed by atoms with Gasteiger partial charge in [-0.2, -0.15) is 5.26 Å². The summed E-state index contributed by atoms with van der Waals surface area (Å²) in [4.78, 5) is 13.5. The van der Waals surface area contributed by atoms with Gasteiger partial charge in [-0.3, -0.25) is 9.69 Å². The summed E-state index contributed by atoms with van der Waals surface area (Å²) in [5.74, 6) is -0.218. The molecule has 0 aliphatic rings. The molecule has 0 amide bonds. The first-order valence-corrected chi connectivity index (χ1v) is 5.33. The first kappa shape index (κ1) is 13.9. The normalized spacial score (nSPS) is 12.6. The minimum Gasteiger partial charge on any atom is -0.465 e. The van der Waals surface area contributed by atoms with E-state index in [4.69, 9.17) is 10.00 Å². The Hall–Kier alpha value is -1.08. The first-order valence-electron chi connectivity index (χ1n) is 5.33. The number of nitriles is 1. The lowest BCUT2D eigenvalue weighted by atomic mass is 10.2. The average Bonchev–Trinajstić information content (AvgIpc) is 2.18. The smallest absolute Gasteiger partial charge is 0.323 e. The molecule has 0 aliphatic heterocycles. The summed E-state index contributed by atoms with van der Waals surface area (Å²) in [6.07, 6.45) is 0.432. The largest absolute Gasteiger partial charge is 0.465 e. The molecule has 1 atom stereocenters. The third-order valence-electron chi connectivity index (χ3n) is 2.27. The van der Waals surface area contributed by atoms with Crippen LogP contribution in [0, 0.1) is 11.3 Å². The van der Waals surface area contributed by atoms with Crippen LogP contribution in [0.1, 0.15) is 34.1 Å². The van der Waals surface area contributed by atoms with Gasteiger partial charge in [0.2, 0.25) is 0 Å². The molecular formula is C11H20N2O2. The lowest BCUT2D eigenvalue weighted by molar-refractivity contribution is -0.149. The lowest BCUT2D eigenvalue weighted by Crippen LogP contribution is -2.44. The highest BCUT2D eigenvalue weighted by atomic mass is 16.5. The van der Waals surface area contributed by atoms with E-state index in [0.717, 1.165) is 0 Å². The fourth-order valence-corrected chi connectivity index (χ4v) is 1.48. The molecule has 0 N–H and O–H groups in total. The van der Waals surface area contributed by atoms with E-state index in [1.807, 2.05) is 25.7 Å². The van der Waals surface area contributed by atoms with Gasteiger partial charge >= 0.3 is 5.97 Å². The second-order valence-electron chi connectivity index (χ2n) is 3.67. The van der Waals surface area contributed by atoms with Crippen molar-refractivity contribution in [3.8, 4) is 6.07 Å². The molecule has 0 bridgehead atoms. The lowest BCUT2D eigenvalue weighted by Gasteiger charge is -2.30. The number of carbonyl (C=O) groups excluding carboxylic acids is 1. The maximum absolute atomic E-state index is 11.5.